The van der Waals surface area contributed by atoms with Gasteiger partial charge in [0.15, 0.2) is 5.90 Å². The van der Waals surface area contributed by atoms with E-state index in [1.807, 2.05) is 48.5 Å². The van der Waals surface area contributed by atoms with Gasteiger partial charge in [-0.3, -0.25) is 13.9 Å². The fourth-order valence-corrected chi connectivity index (χ4v) is 4.61. The van der Waals surface area contributed by atoms with E-state index in [2.05, 4.69) is 6.92 Å². The number of aliphatic imine (C=N–C) groups is 1. The number of halogens is 1. The van der Waals surface area contributed by atoms with Crippen molar-refractivity contribution >= 4 is 23.3 Å². The monoisotopic (exact) mass is 525 g/mol. The Hall–Kier alpha value is -3.20. The smallest absolute Gasteiger partial charge is 0.332 e. The molecule has 1 aliphatic heterocycles. The maximum Gasteiger partial charge on any atom is 0.332 e. The number of benzene rings is 2. The van der Waals surface area contributed by atoms with Gasteiger partial charge in [0.05, 0.1) is 31.9 Å². The Bertz CT molecular complexity index is 1380. The molecular weight excluding hydrogens is 494 g/mol. The first-order valence-corrected chi connectivity index (χ1v) is 12.9. The molecule has 1 N–H and O–H groups in total. The molecule has 0 fully saturated rings. The van der Waals surface area contributed by atoms with Gasteiger partial charge >= 0.3 is 5.69 Å². The molecule has 4 rings (SSSR count). The summed E-state index contributed by atoms with van der Waals surface area (Å²) in [6.45, 7) is 2.36. The summed E-state index contributed by atoms with van der Waals surface area (Å²) in [5.41, 5.74) is 1.86. The Labute approximate surface area is 220 Å². The van der Waals surface area contributed by atoms with Gasteiger partial charge in [0.1, 0.15) is 11.6 Å². The summed E-state index contributed by atoms with van der Waals surface area (Å²) >= 11 is 6.08. The van der Waals surface area contributed by atoms with Gasteiger partial charge in [0.25, 0.3) is 5.56 Å². The van der Waals surface area contributed by atoms with Crippen molar-refractivity contribution in [2.75, 3.05) is 19.8 Å². The van der Waals surface area contributed by atoms with Crippen molar-refractivity contribution in [3.63, 3.8) is 0 Å². The predicted octanol–water partition coefficient (Wildman–Crippen LogP) is 3.69. The Morgan fingerprint density at radius 3 is 2.62 bits per heavy atom. The van der Waals surface area contributed by atoms with Gasteiger partial charge in [-0.25, -0.2) is 4.79 Å². The number of aliphatic hydroxyl groups excluding tert-OH is 1. The van der Waals surface area contributed by atoms with Crippen molar-refractivity contribution in [2.24, 2.45) is 18.0 Å². The van der Waals surface area contributed by atoms with Crippen LogP contribution in [0, 0.1) is 5.92 Å². The van der Waals surface area contributed by atoms with Gasteiger partial charge in [0, 0.05) is 18.0 Å². The maximum atomic E-state index is 13.4. The van der Waals surface area contributed by atoms with Crippen molar-refractivity contribution in [1.82, 2.24) is 9.13 Å². The Kier molecular flexibility index (Phi) is 8.97. The van der Waals surface area contributed by atoms with Crippen LogP contribution in [-0.4, -0.2) is 40.0 Å². The molecule has 1 aromatic heterocycles. The summed E-state index contributed by atoms with van der Waals surface area (Å²) in [6, 6.07) is 15.5. The van der Waals surface area contributed by atoms with E-state index in [1.54, 1.807) is 7.05 Å². The third kappa shape index (κ3) is 6.39. The fraction of sp³-hybridized carbons (Fsp3) is 0.393. The highest BCUT2D eigenvalue weighted by atomic mass is 35.5. The lowest BCUT2D eigenvalue weighted by Gasteiger charge is -2.18. The molecule has 0 bridgehead atoms. The second-order valence-corrected chi connectivity index (χ2v) is 9.49. The summed E-state index contributed by atoms with van der Waals surface area (Å²) in [4.78, 5) is 31.3. The molecule has 1 atom stereocenters. The van der Waals surface area contributed by atoms with Crippen LogP contribution in [0.2, 0.25) is 5.02 Å². The molecule has 2 aromatic carbocycles. The van der Waals surface area contributed by atoms with Crippen LogP contribution in [-0.2, 0) is 37.6 Å². The maximum absolute atomic E-state index is 13.4. The highest BCUT2D eigenvalue weighted by Gasteiger charge is 2.28. The van der Waals surface area contributed by atoms with Crippen LogP contribution in [0.15, 0.2) is 63.1 Å². The molecule has 0 aliphatic carbocycles. The van der Waals surface area contributed by atoms with E-state index in [0.717, 1.165) is 17.5 Å². The van der Waals surface area contributed by atoms with Crippen molar-refractivity contribution in [3.8, 4) is 5.75 Å². The molecular formula is C28H32ClN3O5. The minimum atomic E-state index is -0.469. The molecule has 196 valence electrons. The van der Waals surface area contributed by atoms with Crippen molar-refractivity contribution in [2.45, 2.75) is 39.2 Å². The molecule has 3 aromatic rings. The number of aliphatic hydroxyl groups is 1. The number of hydrogen-bond donors (Lipinski definition) is 1. The zero-order chi connectivity index (χ0) is 26.4. The molecule has 0 spiro atoms. The molecule has 0 radical (unpaired) electrons. The summed E-state index contributed by atoms with van der Waals surface area (Å²) in [6.07, 6.45) is 2.59. The van der Waals surface area contributed by atoms with Gasteiger partial charge in [0.2, 0.25) is 0 Å². The van der Waals surface area contributed by atoms with Crippen LogP contribution in [0.3, 0.4) is 0 Å². The van der Waals surface area contributed by atoms with E-state index in [4.69, 9.17) is 31.2 Å². The van der Waals surface area contributed by atoms with Crippen LogP contribution in [0.5, 0.6) is 5.75 Å². The third-order valence-corrected chi connectivity index (χ3v) is 6.79. The van der Waals surface area contributed by atoms with Crippen LogP contribution in [0.4, 0.5) is 5.82 Å². The summed E-state index contributed by atoms with van der Waals surface area (Å²) < 4.78 is 14.2. The zero-order valence-electron chi connectivity index (χ0n) is 21.2. The van der Waals surface area contributed by atoms with Gasteiger partial charge in [-0.1, -0.05) is 42.8 Å². The van der Waals surface area contributed by atoms with Gasteiger partial charge in [-0.15, -0.1) is 0 Å². The molecule has 0 saturated heterocycles. The normalized spacial score (nSPS) is 15.1. The standard InChI is InChI=1S/C28H32ClN3O5/c1-3-19-5-4-6-23(18-19)37-26-21(17-20-7-10-22(29)11-8-20)9-12-24-25(30-26)31(2)28(35)32(27(24)34)13-15-36-16-14-33/h4-8,10-11,18,21,33H,3,9,12-17H2,1-2H3. The quantitative estimate of drug-likeness (QED) is 0.430. The van der Waals surface area contributed by atoms with E-state index < -0.39 is 5.69 Å². The Morgan fingerprint density at radius 1 is 1.11 bits per heavy atom. The first-order valence-electron chi connectivity index (χ1n) is 12.5. The molecule has 0 saturated carbocycles. The van der Waals surface area contributed by atoms with E-state index >= 15 is 0 Å². The van der Waals surface area contributed by atoms with Crippen molar-refractivity contribution < 1.29 is 14.6 Å². The molecule has 8 nitrogen and oxygen atoms in total. The lowest BCUT2D eigenvalue weighted by molar-refractivity contribution is 0.0857. The summed E-state index contributed by atoms with van der Waals surface area (Å²) in [5.74, 6) is 1.35. The average molecular weight is 526 g/mol. The number of nitrogens with zero attached hydrogens (tertiary/aromatic N) is 3. The Morgan fingerprint density at radius 2 is 1.89 bits per heavy atom. The molecule has 9 heteroatoms. The number of fused-ring (bicyclic) bond motifs is 1. The Balaban J connectivity index is 1.74. The fourth-order valence-electron chi connectivity index (χ4n) is 4.49. The van der Waals surface area contributed by atoms with E-state index in [0.29, 0.717) is 47.3 Å². The third-order valence-electron chi connectivity index (χ3n) is 6.54. The van der Waals surface area contributed by atoms with Crippen LogP contribution in [0.1, 0.15) is 30.0 Å². The average Bonchev–Trinajstić information content (AvgIpc) is 3.08. The number of rotatable bonds is 9. The number of hydrogen-bond acceptors (Lipinski definition) is 6. The SMILES string of the molecule is CCc1cccc(OC2=Nc3c(c(=O)n(CCOCCO)c(=O)n3C)CCC2Cc2ccc(Cl)cc2)c1. The second kappa shape index (κ2) is 12.4. The summed E-state index contributed by atoms with van der Waals surface area (Å²) in [5, 5.41) is 9.58. The highest BCUT2D eigenvalue weighted by Crippen LogP contribution is 2.28. The van der Waals surface area contributed by atoms with E-state index in [9.17, 15) is 9.59 Å². The predicted molar refractivity (Wildman–Crippen MR) is 144 cm³/mol. The van der Waals surface area contributed by atoms with Gasteiger partial charge in [-0.2, -0.15) is 4.99 Å². The highest BCUT2D eigenvalue weighted by molar-refractivity contribution is 6.30. The lowest BCUT2D eigenvalue weighted by atomic mass is 9.93. The van der Waals surface area contributed by atoms with Crippen LogP contribution < -0.4 is 16.0 Å². The molecule has 1 unspecified atom stereocenters. The number of aromatic nitrogens is 2. The van der Waals surface area contributed by atoms with Crippen LogP contribution >= 0.6 is 11.6 Å². The zero-order valence-corrected chi connectivity index (χ0v) is 21.9. The topological polar surface area (TPSA) is 95.1 Å². The van der Waals surface area contributed by atoms with Gasteiger partial charge in [-0.05, 0) is 61.1 Å². The van der Waals surface area contributed by atoms with E-state index in [1.165, 1.54) is 9.13 Å². The minimum absolute atomic E-state index is 0.101. The largest absolute Gasteiger partial charge is 0.443 e. The van der Waals surface area contributed by atoms with Crippen LogP contribution in [0.25, 0.3) is 0 Å². The van der Waals surface area contributed by atoms with E-state index in [-0.39, 0.29) is 37.8 Å². The summed E-state index contributed by atoms with van der Waals surface area (Å²) in [7, 11) is 1.62. The first-order chi connectivity index (χ1) is 17.9. The second-order valence-electron chi connectivity index (χ2n) is 9.06. The number of aryl methyl sites for hydroxylation is 1. The van der Waals surface area contributed by atoms with Crippen molar-refractivity contribution in [3.05, 3.63) is 91.1 Å². The molecule has 2 heterocycles. The lowest BCUT2D eigenvalue weighted by Crippen LogP contribution is -2.41. The molecule has 0 amide bonds. The minimum Gasteiger partial charge on any atom is -0.443 e. The first kappa shape index (κ1) is 26.9. The van der Waals surface area contributed by atoms with Gasteiger partial charge < -0.3 is 14.6 Å². The van der Waals surface area contributed by atoms with Crippen molar-refractivity contribution in [1.29, 1.82) is 0 Å². The molecule has 37 heavy (non-hydrogen) atoms. The molecule has 1 aliphatic rings. The number of ether oxygens (including phenoxy) is 2.